The SMILES string of the molecule is COC(N)=O.Cn1c(=O)n(C2CCCC2)c2cc(Nc3ccc(F)c(-c4ccc(C(F)(F)F)nc4)n3)ncc21. The van der Waals surface area contributed by atoms with Crippen LogP contribution in [0.15, 0.2) is 47.5 Å². The van der Waals surface area contributed by atoms with Crippen molar-refractivity contribution in [3.63, 3.8) is 0 Å². The molecule has 0 unspecified atom stereocenters. The van der Waals surface area contributed by atoms with Gasteiger partial charge in [0.25, 0.3) is 0 Å². The average molecular weight is 548 g/mol. The van der Waals surface area contributed by atoms with E-state index in [0.717, 1.165) is 55.6 Å². The van der Waals surface area contributed by atoms with Gasteiger partial charge in [0.15, 0.2) is 0 Å². The zero-order valence-electron chi connectivity index (χ0n) is 21.0. The molecule has 4 heterocycles. The molecular weight excluding hydrogens is 522 g/mol. The minimum Gasteiger partial charge on any atom is -0.453 e. The van der Waals surface area contributed by atoms with Crippen LogP contribution in [-0.2, 0) is 18.0 Å². The molecular formula is C25H25F4N7O3. The molecule has 206 valence electrons. The van der Waals surface area contributed by atoms with Crippen LogP contribution in [0.25, 0.3) is 22.3 Å². The highest BCUT2D eigenvalue weighted by atomic mass is 19.4. The van der Waals surface area contributed by atoms with E-state index in [2.05, 4.69) is 30.7 Å². The fourth-order valence-electron chi connectivity index (χ4n) is 4.39. The Kier molecular flexibility index (Phi) is 7.83. The van der Waals surface area contributed by atoms with Crippen LogP contribution in [0.4, 0.5) is 34.0 Å². The normalized spacial score (nSPS) is 13.7. The number of pyridine rings is 3. The number of anilines is 2. The molecule has 0 spiro atoms. The third kappa shape index (κ3) is 5.99. The highest BCUT2D eigenvalue weighted by Gasteiger charge is 2.32. The molecule has 39 heavy (non-hydrogen) atoms. The van der Waals surface area contributed by atoms with Crippen molar-refractivity contribution >= 4 is 28.8 Å². The summed E-state index contributed by atoms with van der Waals surface area (Å²) in [6.07, 6.45) is 1.22. The zero-order valence-corrected chi connectivity index (χ0v) is 21.0. The smallest absolute Gasteiger partial charge is 0.433 e. The highest BCUT2D eigenvalue weighted by molar-refractivity contribution is 5.79. The number of fused-ring (bicyclic) bond motifs is 1. The van der Waals surface area contributed by atoms with Crippen LogP contribution in [0.1, 0.15) is 37.4 Å². The van der Waals surface area contributed by atoms with Gasteiger partial charge in [0.2, 0.25) is 0 Å². The summed E-state index contributed by atoms with van der Waals surface area (Å²) in [5, 5.41) is 3.00. The molecule has 4 aromatic heterocycles. The van der Waals surface area contributed by atoms with Gasteiger partial charge in [-0.25, -0.2) is 23.9 Å². The second kappa shape index (κ2) is 11.1. The minimum absolute atomic E-state index is 0.0992. The maximum absolute atomic E-state index is 14.4. The van der Waals surface area contributed by atoms with Crippen molar-refractivity contribution in [2.24, 2.45) is 12.8 Å². The molecule has 0 aliphatic heterocycles. The number of imidazole rings is 1. The number of primary amides is 1. The average Bonchev–Trinajstić information content (AvgIpc) is 3.51. The van der Waals surface area contributed by atoms with Gasteiger partial charge in [0.1, 0.15) is 28.8 Å². The van der Waals surface area contributed by atoms with Crippen LogP contribution in [-0.4, -0.2) is 37.3 Å². The second-order valence-corrected chi connectivity index (χ2v) is 8.81. The molecule has 1 amide bonds. The van der Waals surface area contributed by atoms with E-state index < -0.39 is 23.8 Å². The number of amides is 1. The first-order chi connectivity index (χ1) is 18.5. The van der Waals surface area contributed by atoms with E-state index in [9.17, 15) is 27.2 Å². The van der Waals surface area contributed by atoms with E-state index in [1.165, 1.54) is 13.2 Å². The number of ether oxygens (including phenoxy) is 1. The van der Waals surface area contributed by atoms with Crippen molar-refractivity contribution in [3.8, 4) is 11.3 Å². The van der Waals surface area contributed by atoms with Crippen molar-refractivity contribution in [2.45, 2.75) is 37.9 Å². The lowest BCUT2D eigenvalue weighted by atomic mass is 10.1. The lowest BCUT2D eigenvalue weighted by Crippen LogP contribution is -2.24. The maximum Gasteiger partial charge on any atom is 0.433 e. The molecule has 0 bridgehead atoms. The van der Waals surface area contributed by atoms with Crippen LogP contribution in [0.2, 0.25) is 0 Å². The number of nitrogens with two attached hydrogens (primary N) is 1. The van der Waals surface area contributed by atoms with Crippen molar-refractivity contribution in [3.05, 3.63) is 64.7 Å². The molecule has 1 saturated carbocycles. The minimum atomic E-state index is -4.59. The van der Waals surface area contributed by atoms with Gasteiger partial charge in [0.05, 0.1) is 24.3 Å². The number of rotatable bonds is 4. The van der Waals surface area contributed by atoms with Crippen LogP contribution in [0.5, 0.6) is 0 Å². The summed E-state index contributed by atoms with van der Waals surface area (Å²) in [6, 6.07) is 6.35. The Morgan fingerprint density at radius 3 is 2.36 bits per heavy atom. The Morgan fingerprint density at radius 1 is 1.08 bits per heavy atom. The number of nitrogens with one attached hydrogen (secondary N) is 1. The van der Waals surface area contributed by atoms with Crippen LogP contribution in [0.3, 0.4) is 0 Å². The fraction of sp³-hybridized carbons (Fsp3) is 0.320. The monoisotopic (exact) mass is 547 g/mol. The van der Waals surface area contributed by atoms with E-state index in [4.69, 9.17) is 0 Å². The summed E-state index contributed by atoms with van der Waals surface area (Å²) < 4.78 is 60.0. The molecule has 1 fully saturated rings. The summed E-state index contributed by atoms with van der Waals surface area (Å²) in [7, 11) is 2.93. The van der Waals surface area contributed by atoms with E-state index >= 15 is 0 Å². The summed E-state index contributed by atoms with van der Waals surface area (Å²) in [4.78, 5) is 34.1. The van der Waals surface area contributed by atoms with Crippen molar-refractivity contribution in [1.29, 1.82) is 0 Å². The number of hydrogen-bond donors (Lipinski definition) is 2. The number of carbonyl (C=O) groups excluding carboxylic acids is 1. The number of carbonyl (C=O) groups is 1. The predicted octanol–water partition coefficient (Wildman–Crippen LogP) is 4.92. The first kappa shape index (κ1) is 27.5. The van der Waals surface area contributed by atoms with Gasteiger partial charge in [-0.05, 0) is 37.1 Å². The van der Waals surface area contributed by atoms with Crippen LogP contribution >= 0.6 is 0 Å². The van der Waals surface area contributed by atoms with Gasteiger partial charge in [-0.1, -0.05) is 12.8 Å². The van der Waals surface area contributed by atoms with Crippen LogP contribution in [0, 0.1) is 5.82 Å². The summed E-state index contributed by atoms with van der Waals surface area (Å²) in [5.41, 5.74) is 4.67. The van der Waals surface area contributed by atoms with Gasteiger partial charge in [-0.2, -0.15) is 13.2 Å². The highest BCUT2D eigenvalue weighted by Crippen LogP contribution is 2.32. The number of aryl methyl sites for hydroxylation is 1. The number of alkyl halides is 3. The Balaban J connectivity index is 0.000000648. The van der Waals surface area contributed by atoms with Crippen molar-refractivity contribution in [1.82, 2.24) is 24.1 Å². The van der Waals surface area contributed by atoms with E-state index in [1.807, 2.05) is 0 Å². The molecule has 0 aromatic carbocycles. The molecule has 10 nitrogen and oxygen atoms in total. The molecule has 5 rings (SSSR count). The molecule has 3 N–H and O–H groups in total. The standard InChI is InChI=1S/C23H20F4N6O.C2H5NO2/c1-32-17-12-29-20(10-16(17)33(22(32)34)14-4-2-3-5-14)30-19-9-7-15(24)21(31-19)13-6-8-18(28-11-13)23(25,26)27;1-5-2(3)4/h6-12,14H,2-5H2,1H3,(H,29,30,31);1H3,(H2,3,4). The molecule has 0 saturated heterocycles. The number of methoxy groups -OCH3 is 1. The van der Waals surface area contributed by atoms with Gasteiger partial charge in [0, 0.05) is 30.9 Å². The zero-order chi connectivity index (χ0) is 28.3. The molecule has 1 aliphatic carbocycles. The molecule has 1 aliphatic rings. The number of halogens is 4. The maximum atomic E-state index is 14.4. The third-order valence-electron chi connectivity index (χ3n) is 6.30. The van der Waals surface area contributed by atoms with Gasteiger partial charge in [-0.15, -0.1) is 0 Å². The molecule has 0 radical (unpaired) electrons. The first-order valence-electron chi connectivity index (χ1n) is 11.9. The second-order valence-electron chi connectivity index (χ2n) is 8.81. The van der Waals surface area contributed by atoms with Crippen molar-refractivity contribution < 1.29 is 27.1 Å². The Bertz CT molecular complexity index is 1540. The first-order valence-corrected chi connectivity index (χ1v) is 11.9. The van der Waals surface area contributed by atoms with Gasteiger partial charge >= 0.3 is 18.0 Å². The third-order valence-corrected chi connectivity index (χ3v) is 6.30. The lowest BCUT2D eigenvalue weighted by molar-refractivity contribution is -0.141. The van der Waals surface area contributed by atoms with Crippen molar-refractivity contribution in [2.75, 3.05) is 12.4 Å². The lowest BCUT2D eigenvalue weighted by Gasteiger charge is -2.12. The van der Waals surface area contributed by atoms with E-state index in [1.54, 1.807) is 28.4 Å². The number of nitrogens with zero attached hydrogens (tertiary/aromatic N) is 5. The van der Waals surface area contributed by atoms with Gasteiger partial charge < -0.3 is 15.8 Å². The number of hydrogen-bond acceptors (Lipinski definition) is 7. The topological polar surface area (TPSA) is 130 Å². The van der Waals surface area contributed by atoms with Gasteiger partial charge in [-0.3, -0.25) is 14.1 Å². The predicted molar refractivity (Wildman–Crippen MR) is 135 cm³/mol. The Labute approximate surface area is 219 Å². The number of aromatic nitrogens is 5. The fourth-order valence-corrected chi connectivity index (χ4v) is 4.39. The summed E-state index contributed by atoms with van der Waals surface area (Å²) >= 11 is 0. The quantitative estimate of drug-likeness (QED) is 0.347. The molecule has 14 heteroatoms. The molecule has 0 atom stereocenters. The Morgan fingerprint density at radius 2 is 1.77 bits per heavy atom. The largest absolute Gasteiger partial charge is 0.453 e. The summed E-state index contributed by atoms with van der Waals surface area (Å²) in [6.45, 7) is 0. The summed E-state index contributed by atoms with van der Waals surface area (Å²) in [5.74, 6) is -0.0528. The van der Waals surface area contributed by atoms with E-state index in [0.29, 0.717) is 11.3 Å². The van der Waals surface area contributed by atoms with E-state index in [-0.39, 0.29) is 28.8 Å². The van der Waals surface area contributed by atoms with Crippen LogP contribution < -0.4 is 16.7 Å². The Hall–Kier alpha value is -4.49. The molecule has 4 aromatic rings.